The Morgan fingerprint density at radius 2 is 2.31 bits per heavy atom. The van der Waals surface area contributed by atoms with E-state index in [-0.39, 0.29) is 0 Å². The molecule has 16 heavy (non-hydrogen) atoms. The van der Waals surface area contributed by atoms with Crippen LogP contribution in [0.1, 0.15) is 45.0 Å². The Hall–Kier alpha value is -0.540. The largest absolute Gasteiger partial charge is 0.316 e. The average molecular weight is 242 g/mol. The molecule has 1 aromatic heterocycles. The van der Waals surface area contributed by atoms with Crippen molar-refractivity contribution in [3.8, 4) is 0 Å². The second-order valence-corrected chi connectivity index (χ2v) is 5.17. The Labute approximate surface area is 102 Å². The van der Waals surface area contributed by atoms with Crippen molar-refractivity contribution in [1.29, 1.82) is 0 Å². The number of imidazole rings is 1. The number of halogens is 1. The minimum absolute atomic E-state index is 0.390. The van der Waals surface area contributed by atoms with Crippen LogP contribution in [0.2, 0.25) is 5.15 Å². The molecule has 2 heterocycles. The third kappa shape index (κ3) is 2.11. The lowest BCUT2D eigenvalue weighted by Crippen LogP contribution is -2.20. The van der Waals surface area contributed by atoms with E-state index in [1.165, 1.54) is 13.0 Å². The zero-order valence-electron chi connectivity index (χ0n) is 10.3. The number of likely N-dealkylation sites (tertiary alicyclic amines) is 1. The highest BCUT2D eigenvalue weighted by Gasteiger charge is 2.27. The van der Waals surface area contributed by atoms with Crippen LogP contribution in [0.4, 0.5) is 0 Å². The van der Waals surface area contributed by atoms with Crippen molar-refractivity contribution in [2.45, 2.75) is 39.2 Å². The van der Waals surface area contributed by atoms with Gasteiger partial charge in [0.05, 0.1) is 6.20 Å². The highest BCUT2D eigenvalue weighted by atomic mass is 35.5. The Kier molecular flexibility index (Phi) is 3.55. The van der Waals surface area contributed by atoms with Gasteiger partial charge in [-0.05, 0) is 33.4 Å². The Morgan fingerprint density at radius 1 is 1.56 bits per heavy atom. The Balaban J connectivity index is 2.21. The van der Waals surface area contributed by atoms with Crippen molar-refractivity contribution in [1.82, 2.24) is 14.5 Å². The van der Waals surface area contributed by atoms with E-state index in [9.17, 15) is 0 Å². The fourth-order valence-electron chi connectivity index (χ4n) is 2.50. The lowest BCUT2D eigenvalue weighted by Gasteiger charge is -2.17. The minimum atomic E-state index is 0.390. The number of rotatable bonds is 3. The Bertz CT molecular complexity index is 359. The standard InChI is InChI=1S/C12H20ClN3/c1-4-15-6-5-10(8-15)12-14-7-11(13)16(12)9(2)3/h7,9-10H,4-6,8H2,1-3H3. The lowest BCUT2D eigenvalue weighted by molar-refractivity contribution is 0.351. The lowest BCUT2D eigenvalue weighted by atomic mass is 10.1. The molecule has 1 aliphatic heterocycles. The summed E-state index contributed by atoms with van der Waals surface area (Å²) in [5.74, 6) is 1.71. The summed E-state index contributed by atoms with van der Waals surface area (Å²) in [4.78, 5) is 6.96. The summed E-state index contributed by atoms with van der Waals surface area (Å²) in [5, 5.41) is 0.764. The fraction of sp³-hybridized carbons (Fsp3) is 0.750. The monoisotopic (exact) mass is 241 g/mol. The van der Waals surface area contributed by atoms with Gasteiger partial charge in [-0.2, -0.15) is 0 Å². The van der Waals surface area contributed by atoms with Crippen molar-refractivity contribution >= 4 is 11.6 Å². The van der Waals surface area contributed by atoms with Crippen LogP contribution in [0.15, 0.2) is 6.20 Å². The summed E-state index contributed by atoms with van der Waals surface area (Å²) in [7, 11) is 0. The molecule has 1 aliphatic rings. The molecule has 1 unspecified atom stereocenters. The van der Waals surface area contributed by atoms with Crippen LogP contribution >= 0.6 is 11.6 Å². The predicted molar refractivity (Wildman–Crippen MR) is 67.1 cm³/mol. The van der Waals surface area contributed by atoms with Gasteiger partial charge in [0.2, 0.25) is 0 Å². The van der Waals surface area contributed by atoms with Gasteiger partial charge in [0.25, 0.3) is 0 Å². The number of hydrogen-bond acceptors (Lipinski definition) is 2. The van der Waals surface area contributed by atoms with Crippen molar-refractivity contribution in [3.05, 3.63) is 17.2 Å². The molecule has 0 saturated carbocycles. The summed E-state index contributed by atoms with van der Waals surface area (Å²) in [6.45, 7) is 9.96. The van der Waals surface area contributed by atoms with E-state index in [0.717, 1.165) is 24.1 Å². The molecular formula is C12H20ClN3. The molecule has 0 amide bonds. The molecule has 0 bridgehead atoms. The normalized spacial score (nSPS) is 22.2. The first-order valence-electron chi connectivity index (χ1n) is 6.08. The second-order valence-electron chi connectivity index (χ2n) is 4.78. The molecule has 0 N–H and O–H groups in total. The molecule has 0 aliphatic carbocycles. The van der Waals surface area contributed by atoms with Gasteiger partial charge in [0.1, 0.15) is 11.0 Å². The zero-order valence-corrected chi connectivity index (χ0v) is 11.0. The summed E-state index contributed by atoms with van der Waals surface area (Å²) in [5.41, 5.74) is 0. The number of hydrogen-bond donors (Lipinski definition) is 0. The highest BCUT2D eigenvalue weighted by molar-refractivity contribution is 6.29. The maximum absolute atomic E-state index is 6.18. The average Bonchev–Trinajstić information content (AvgIpc) is 2.82. The minimum Gasteiger partial charge on any atom is -0.316 e. The van der Waals surface area contributed by atoms with Crippen molar-refractivity contribution in [2.75, 3.05) is 19.6 Å². The van der Waals surface area contributed by atoms with Gasteiger partial charge in [-0.1, -0.05) is 18.5 Å². The smallest absolute Gasteiger partial charge is 0.129 e. The molecule has 0 radical (unpaired) electrons. The van der Waals surface area contributed by atoms with Crippen molar-refractivity contribution in [3.63, 3.8) is 0 Å². The summed E-state index contributed by atoms with van der Waals surface area (Å²) < 4.78 is 2.16. The van der Waals surface area contributed by atoms with Gasteiger partial charge in [0, 0.05) is 18.5 Å². The van der Waals surface area contributed by atoms with E-state index in [0.29, 0.717) is 12.0 Å². The van der Waals surface area contributed by atoms with Crippen LogP contribution < -0.4 is 0 Å². The first-order valence-corrected chi connectivity index (χ1v) is 6.46. The van der Waals surface area contributed by atoms with Gasteiger partial charge in [-0.25, -0.2) is 4.98 Å². The number of aromatic nitrogens is 2. The van der Waals surface area contributed by atoms with Crippen LogP contribution in [0.5, 0.6) is 0 Å². The molecule has 3 nitrogen and oxygen atoms in total. The van der Waals surface area contributed by atoms with Crippen molar-refractivity contribution in [2.24, 2.45) is 0 Å². The maximum atomic E-state index is 6.18. The Morgan fingerprint density at radius 3 is 2.88 bits per heavy atom. The van der Waals surface area contributed by atoms with E-state index < -0.39 is 0 Å². The quantitative estimate of drug-likeness (QED) is 0.812. The molecule has 1 fully saturated rings. The van der Waals surface area contributed by atoms with Crippen LogP contribution in [-0.2, 0) is 0 Å². The van der Waals surface area contributed by atoms with Gasteiger partial charge in [-0.15, -0.1) is 0 Å². The van der Waals surface area contributed by atoms with E-state index >= 15 is 0 Å². The van der Waals surface area contributed by atoms with E-state index in [2.05, 4.69) is 35.2 Å². The van der Waals surface area contributed by atoms with Gasteiger partial charge in [-0.3, -0.25) is 0 Å². The molecule has 90 valence electrons. The molecule has 0 aromatic carbocycles. The molecule has 2 rings (SSSR count). The second kappa shape index (κ2) is 4.76. The molecule has 4 heteroatoms. The molecule has 0 spiro atoms. The van der Waals surface area contributed by atoms with Gasteiger partial charge in [0.15, 0.2) is 0 Å². The van der Waals surface area contributed by atoms with Crippen LogP contribution in [0.3, 0.4) is 0 Å². The summed E-state index contributed by atoms with van der Waals surface area (Å²) in [6.07, 6.45) is 2.99. The third-order valence-electron chi connectivity index (χ3n) is 3.38. The van der Waals surface area contributed by atoms with Crippen molar-refractivity contribution < 1.29 is 0 Å². The topological polar surface area (TPSA) is 21.1 Å². The molecule has 1 saturated heterocycles. The summed E-state index contributed by atoms with van der Waals surface area (Å²) >= 11 is 6.18. The highest BCUT2D eigenvalue weighted by Crippen LogP contribution is 2.30. The number of likely N-dealkylation sites (N-methyl/N-ethyl adjacent to an activating group) is 1. The first-order chi connectivity index (χ1) is 7.63. The third-order valence-corrected chi connectivity index (χ3v) is 3.66. The van der Waals surface area contributed by atoms with E-state index in [1.807, 2.05) is 0 Å². The number of nitrogens with zero attached hydrogens (tertiary/aromatic N) is 3. The van der Waals surface area contributed by atoms with E-state index in [4.69, 9.17) is 11.6 Å². The first kappa shape index (κ1) is 11.9. The van der Waals surface area contributed by atoms with Gasteiger partial charge >= 0.3 is 0 Å². The fourth-order valence-corrected chi connectivity index (χ4v) is 2.83. The molecular weight excluding hydrogens is 222 g/mol. The van der Waals surface area contributed by atoms with Gasteiger partial charge < -0.3 is 9.47 Å². The molecule has 1 aromatic rings. The molecule has 1 atom stereocenters. The van der Waals surface area contributed by atoms with Crippen LogP contribution in [0, 0.1) is 0 Å². The summed E-state index contributed by atoms with van der Waals surface area (Å²) in [6, 6.07) is 0.390. The SMILES string of the molecule is CCN1CCC(c2ncc(Cl)n2C(C)C)C1. The van der Waals surface area contributed by atoms with Crippen LogP contribution in [-0.4, -0.2) is 34.1 Å². The maximum Gasteiger partial charge on any atom is 0.129 e. The van der Waals surface area contributed by atoms with E-state index in [1.54, 1.807) is 6.20 Å². The van der Waals surface area contributed by atoms with Crippen LogP contribution in [0.25, 0.3) is 0 Å². The predicted octanol–water partition coefficient (Wildman–Crippen LogP) is 2.93. The zero-order chi connectivity index (χ0) is 11.7.